The van der Waals surface area contributed by atoms with Gasteiger partial charge < -0.3 is 4.74 Å². The van der Waals surface area contributed by atoms with Gasteiger partial charge in [0.2, 0.25) is 0 Å². The molecule has 0 aliphatic rings. The predicted molar refractivity (Wildman–Crippen MR) is 77.3 cm³/mol. The molecule has 0 N–H and O–H groups in total. The molecular formula is C11H11BrCl2O4S. The molecule has 19 heavy (non-hydrogen) atoms. The summed E-state index contributed by atoms with van der Waals surface area (Å²) in [5, 5.41) is 0.0678. The fraction of sp³-hybridized carbons (Fsp3) is 0.364. The molecule has 0 atom stereocenters. The van der Waals surface area contributed by atoms with E-state index in [4.69, 9.17) is 27.0 Å². The van der Waals surface area contributed by atoms with Crippen LogP contribution in [-0.2, 0) is 13.8 Å². The highest BCUT2D eigenvalue weighted by Gasteiger charge is 2.21. The van der Waals surface area contributed by atoms with Crippen LogP contribution in [-0.4, -0.2) is 21.0 Å². The maximum Gasteiger partial charge on any atom is 0.338 e. The van der Waals surface area contributed by atoms with Gasteiger partial charge in [0.15, 0.2) is 0 Å². The summed E-state index contributed by atoms with van der Waals surface area (Å²) >= 11 is 8.87. The molecule has 4 nitrogen and oxygen atoms in total. The number of carbonyl (C=O) groups is 1. The maximum absolute atomic E-state index is 11.8. The van der Waals surface area contributed by atoms with Crippen molar-refractivity contribution in [1.82, 2.24) is 0 Å². The Balaban J connectivity index is 3.18. The molecular weight excluding hydrogens is 379 g/mol. The van der Waals surface area contributed by atoms with Crippen LogP contribution in [0.3, 0.4) is 0 Å². The number of hydrogen-bond acceptors (Lipinski definition) is 4. The molecule has 0 bridgehead atoms. The van der Waals surface area contributed by atoms with Gasteiger partial charge in [0.25, 0.3) is 9.05 Å². The lowest BCUT2D eigenvalue weighted by atomic mass is 10.2. The van der Waals surface area contributed by atoms with Gasteiger partial charge in [0.05, 0.1) is 26.6 Å². The Morgan fingerprint density at radius 3 is 2.47 bits per heavy atom. The van der Waals surface area contributed by atoms with E-state index in [1.54, 1.807) is 0 Å². The zero-order valence-electron chi connectivity index (χ0n) is 10.1. The Labute approximate surface area is 129 Å². The molecule has 0 radical (unpaired) electrons. The van der Waals surface area contributed by atoms with Crippen molar-refractivity contribution >= 4 is 53.2 Å². The molecule has 1 aromatic rings. The molecule has 0 aliphatic heterocycles. The van der Waals surface area contributed by atoms with Crippen LogP contribution < -0.4 is 0 Å². The van der Waals surface area contributed by atoms with E-state index in [0.717, 1.165) is 6.07 Å². The molecule has 1 rings (SSSR count). The first-order valence-corrected chi connectivity index (χ1v) is 8.71. The van der Waals surface area contributed by atoms with Crippen molar-refractivity contribution in [3.8, 4) is 0 Å². The molecule has 0 saturated heterocycles. The minimum Gasteiger partial charge on any atom is -0.462 e. The zero-order valence-corrected chi connectivity index (χ0v) is 14.0. The molecule has 0 unspecified atom stereocenters. The van der Waals surface area contributed by atoms with Crippen LogP contribution in [0, 0.1) is 5.92 Å². The van der Waals surface area contributed by atoms with E-state index in [1.807, 2.05) is 13.8 Å². The fourth-order valence-corrected chi connectivity index (χ4v) is 3.56. The highest BCUT2D eigenvalue weighted by atomic mass is 79.9. The largest absolute Gasteiger partial charge is 0.462 e. The number of benzene rings is 1. The summed E-state index contributed by atoms with van der Waals surface area (Å²) in [5.41, 5.74) is 0.0353. The predicted octanol–water partition coefficient (Wildman–Crippen LogP) is 3.84. The van der Waals surface area contributed by atoms with Crippen LogP contribution in [0.5, 0.6) is 0 Å². The van der Waals surface area contributed by atoms with E-state index < -0.39 is 15.0 Å². The van der Waals surface area contributed by atoms with Gasteiger partial charge in [-0.05, 0) is 34.0 Å². The van der Waals surface area contributed by atoms with E-state index in [0.29, 0.717) is 0 Å². The van der Waals surface area contributed by atoms with Gasteiger partial charge in [0.1, 0.15) is 0 Å². The second-order valence-electron chi connectivity index (χ2n) is 4.20. The molecule has 0 aromatic heterocycles. The summed E-state index contributed by atoms with van der Waals surface area (Å²) in [4.78, 5) is 11.5. The van der Waals surface area contributed by atoms with Gasteiger partial charge in [-0.25, -0.2) is 13.2 Å². The summed E-state index contributed by atoms with van der Waals surface area (Å²) in [7, 11) is 1.26. The number of carbonyl (C=O) groups excluding carboxylic acids is 1. The zero-order chi connectivity index (χ0) is 14.8. The molecule has 0 spiro atoms. The van der Waals surface area contributed by atoms with E-state index in [1.165, 1.54) is 6.07 Å². The molecule has 0 aliphatic carbocycles. The van der Waals surface area contributed by atoms with Crippen LogP contribution in [0.4, 0.5) is 0 Å². The number of hydrogen-bond donors (Lipinski definition) is 0. The fourth-order valence-electron chi connectivity index (χ4n) is 1.18. The molecule has 1 aromatic carbocycles. The number of rotatable bonds is 4. The second-order valence-corrected chi connectivity index (χ2v) is 7.93. The lowest BCUT2D eigenvalue weighted by molar-refractivity contribution is 0.0458. The van der Waals surface area contributed by atoms with Crippen molar-refractivity contribution in [3.05, 3.63) is 27.2 Å². The maximum atomic E-state index is 11.8. The normalized spacial score (nSPS) is 11.7. The summed E-state index contributed by atoms with van der Waals surface area (Å²) in [6, 6.07) is 2.45. The van der Waals surface area contributed by atoms with Gasteiger partial charge in [-0.2, -0.15) is 0 Å². The molecule has 0 fully saturated rings. The van der Waals surface area contributed by atoms with Crippen molar-refractivity contribution in [2.45, 2.75) is 18.7 Å². The first-order chi connectivity index (χ1) is 8.62. The SMILES string of the molecule is CC(C)COC(=O)c1cc(Cl)c(Br)c(S(=O)(=O)Cl)c1. The van der Waals surface area contributed by atoms with Crippen LogP contribution in [0.1, 0.15) is 24.2 Å². The Kier molecular flexibility index (Phi) is 5.67. The summed E-state index contributed by atoms with van der Waals surface area (Å²) < 4.78 is 27.9. The third kappa shape index (κ3) is 4.63. The van der Waals surface area contributed by atoms with Gasteiger partial charge in [-0.3, -0.25) is 0 Å². The summed E-state index contributed by atoms with van der Waals surface area (Å²) in [5.74, 6) is -0.476. The number of ether oxygens (including phenoxy) is 1. The minimum absolute atomic E-state index is 0.0353. The minimum atomic E-state index is -4.01. The first-order valence-electron chi connectivity index (χ1n) is 5.23. The molecule has 8 heteroatoms. The lowest BCUT2D eigenvalue weighted by Gasteiger charge is -2.09. The quantitative estimate of drug-likeness (QED) is 0.579. The van der Waals surface area contributed by atoms with Crippen LogP contribution in [0.2, 0.25) is 5.02 Å². The molecule has 106 valence electrons. The van der Waals surface area contributed by atoms with E-state index >= 15 is 0 Å². The van der Waals surface area contributed by atoms with E-state index in [2.05, 4.69) is 15.9 Å². The van der Waals surface area contributed by atoms with Crippen LogP contribution in [0.25, 0.3) is 0 Å². The van der Waals surface area contributed by atoms with Crippen molar-refractivity contribution in [3.63, 3.8) is 0 Å². The Bertz CT molecular complexity index is 599. The van der Waals surface area contributed by atoms with Gasteiger partial charge in [-0.1, -0.05) is 25.4 Å². The van der Waals surface area contributed by atoms with Gasteiger partial charge in [0, 0.05) is 10.7 Å². The summed E-state index contributed by atoms with van der Waals surface area (Å²) in [6.07, 6.45) is 0. The van der Waals surface area contributed by atoms with Gasteiger partial charge >= 0.3 is 5.97 Å². The average molecular weight is 390 g/mol. The van der Waals surface area contributed by atoms with Crippen LogP contribution >= 0.6 is 38.2 Å². The van der Waals surface area contributed by atoms with Gasteiger partial charge in [-0.15, -0.1) is 0 Å². The first kappa shape index (κ1) is 16.8. The van der Waals surface area contributed by atoms with Crippen molar-refractivity contribution in [1.29, 1.82) is 0 Å². The molecule has 0 heterocycles. The van der Waals surface area contributed by atoms with E-state index in [-0.39, 0.29) is 32.5 Å². The standard InChI is InChI=1S/C11H11BrCl2O4S/c1-6(2)5-18-11(15)7-3-8(13)10(12)9(4-7)19(14,16)17/h3-4,6H,5H2,1-2H3. The molecule has 0 amide bonds. The topological polar surface area (TPSA) is 60.4 Å². The van der Waals surface area contributed by atoms with Crippen molar-refractivity contribution < 1.29 is 17.9 Å². The van der Waals surface area contributed by atoms with Crippen molar-refractivity contribution in [2.24, 2.45) is 5.92 Å². The smallest absolute Gasteiger partial charge is 0.338 e. The Morgan fingerprint density at radius 2 is 2.00 bits per heavy atom. The summed E-state index contributed by atoms with van der Waals surface area (Å²) in [6.45, 7) is 4.00. The highest BCUT2D eigenvalue weighted by molar-refractivity contribution is 9.10. The lowest BCUT2D eigenvalue weighted by Crippen LogP contribution is -2.11. The van der Waals surface area contributed by atoms with E-state index in [9.17, 15) is 13.2 Å². The highest BCUT2D eigenvalue weighted by Crippen LogP contribution is 2.33. The average Bonchev–Trinajstić information content (AvgIpc) is 2.27. The van der Waals surface area contributed by atoms with Crippen molar-refractivity contribution in [2.75, 3.05) is 6.61 Å². The third-order valence-electron chi connectivity index (χ3n) is 2.04. The monoisotopic (exact) mass is 388 g/mol. The Hall–Kier alpha value is -0.300. The Morgan fingerprint density at radius 1 is 1.42 bits per heavy atom. The second kappa shape index (κ2) is 6.43. The molecule has 0 saturated carbocycles. The number of esters is 1. The third-order valence-corrected chi connectivity index (χ3v) is 5.03. The van der Waals surface area contributed by atoms with Crippen LogP contribution in [0.15, 0.2) is 21.5 Å². The number of halogens is 3.